The van der Waals surface area contributed by atoms with E-state index >= 15 is 0 Å². The number of amides is 1. The van der Waals surface area contributed by atoms with E-state index in [9.17, 15) is 4.79 Å². The monoisotopic (exact) mass is 262 g/mol. The number of rotatable bonds is 5. The fourth-order valence-corrected chi connectivity index (χ4v) is 2.14. The lowest BCUT2D eigenvalue weighted by Crippen LogP contribution is -2.30. The van der Waals surface area contributed by atoms with Crippen LogP contribution in [0.3, 0.4) is 0 Å². The zero-order valence-electron chi connectivity index (χ0n) is 11.6. The number of carbonyl (C=O) groups excluding carboxylic acids is 1. The van der Waals surface area contributed by atoms with Gasteiger partial charge in [-0.05, 0) is 57.5 Å². The average Bonchev–Trinajstić information content (AvgIpc) is 2.89. The first-order valence-corrected chi connectivity index (χ1v) is 6.92. The molecule has 0 saturated carbocycles. The third-order valence-electron chi connectivity index (χ3n) is 3.15. The predicted molar refractivity (Wildman–Crippen MR) is 75.6 cm³/mol. The Morgan fingerprint density at radius 1 is 1.42 bits per heavy atom. The van der Waals surface area contributed by atoms with Gasteiger partial charge in [0, 0.05) is 17.6 Å². The Hall–Kier alpha value is -1.55. The van der Waals surface area contributed by atoms with Gasteiger partial charge in [-0.25, -0.2) is 0 Å². The van der Waals surface area contributed by atoms with Crippen LogP contribution in [0.1, 0.15) is 37.0 Å². The van der Waals surface area contributed by atoms with Crippen LogP contribution in [-0.4, -0.2) is 31.1 Å². The highest BCUT2D eigenvalue weighted by Crippen LogP contribution is 2.14. The van der Waals surface area contributed by atoms with Crippen LogP contribution in [0.2, 0.25) is 0 Å². The SMILES string of the molecule is CC(C)NC(=O)c1ccc(OC[C@H]2CCCN2)cc1. The predicted octanol–water partition coefficient (Wildman–Crippen LogP) is 1.96. The van der Waals surface area contributed by atoms with E-state index in [2.05, 4.69) is 10.6 Å². The van der Waals surface area contributed by atoms with Crippen molar-refractivity contribution in [2.75, 3.05) is 13.2 Å². The van der Waals surface area contributed by atoms with Gasteiger partial charge in [-0.2, -0.15) is 0 Å². The molecule has 1 atom stereocenters. The maximum absolute atomic E-state index is 11.8. The summed E-state index contributed by atoms with van der Waals surface area (Å²) in [7, 11) is 0. The van der Waals surface area contributed by atoms with Crippen molar-refractivity contribution in [3.8, 4) is 5.75 Å². The van der Waals surface area contributed by atoms with Crippen LogP contribution in [0.15, 0.2) is 24.3 Å². The summed E-state index contributed by atoms with van der Waals surface area (Å²) in [6, 6.07) is 7.92. The van der Waals surface area contributed by atoms with Crippen molar-refractivity contribution < 1.29 is 9.53 Å². The van der Waals surface area contributed by atoms with Gasteiger partial charge in [0.1, 0.15) is 12.4 Å². The minimum Gasteiger partial charge on any atom is -0.492 e. The number of benzene rings is 1. The standard InChI is InChI=1S/C15H22N2O2/c1-11(2)17-15(18)12-5-7-14(8-6-12)19-10-13-4-3-9-16-13/h5-8,11,13,16H,3-4,9-10H2,1-2H3,(H,17,18)/t13-/m1/s1. The zero-order chi connectivity index (χ0) is 13.7. The van der Waals surface area contributed by atoms with Crippen molar-refractivity contribution in [2.45, 2.75) is 38.8 Å². The molecule has 4 heteroatoms. The normalized spacial score (nSPS) is 18.6. The maximum atomic E-state index is 11.8. The third-order valence-corrected chi connectivity index (χ3v) is 3.15. The van der Waals surface area contributed by atoms with E-state index < -0.39 is 0 Å². The summed E-state index contributed by atoms with van der Waals surface area (Å²) in [6.07, 6.45) is 2.40. The van der Waals surface area contributed by atoms with Gasteiger partial charge in [-0.1, -0.05) is 0 Å². The largest absolute Gasteiger partial charge is 0.492 e. The molecule has 0 unspecified atom stereocenters. The molecule has 4 nitrogen and oxygen atoms in total. The van der Waals surface area contributed by atoms with E-state index in [4.69, 9.17) is 4.74 Å². The molecule has 19 heavy (non-hydrogen) atoms. The Bertz CT molecular complexity index is 409. The Morgan fingerprint density at radius 2 is 2.16 bits per heavy atom. The molecule has 1 heterocycles. The summed E-state index contributed by atoms with van der Waals surface area (Å²) >= 11 is 0. The summed E-state index contributed by atoms with van der Waals surface area (Å²) in [5.74, 6) is 0.772. The summed E-state index contributed by atoms with van der Waals surface area (Å²) in [5.41, 5.74) is 0.667. The van der Waals surface area contributed by atoms with E-state index in [0.717, 1.165) is 12.3 Å². The molecule has 1 aromatic carbocycles. The van der Waals surface area contributed by atoms with E-state index in [1.807, 2.05) is 26.0 Å². The van der Waals surface area contributed by atoms with E-state index in [0.29, 0.717) is 18.2 Å². The number of hydrogen-bond acceptors (Lipinski definition) is 3. The van der Waals surface area contributed by atoms with Crippen molar-refractivity contribution in [3.63, 3.8) is 0 Å². The molecule has 104 valence electrons. The first kappa shape index (κ1) is 13.9. The zero-order valence-corrected chi connectivity index (χ0v) is 11.6. The van der Waals surface area contributed by atoms with Crippen LogP contribution in [0.25, 0.3) is 0 Å². The molecule has 1 fully saturated rings. The van der Waals surface area contributed by atoms with Crippen molar-refractivity contribution in [1.82, 2.24) is 10.6 Å². The first-order valence-electron chi connectivity index (χ1n) is 6.92. The summed E-state index contributed by atoms with van der Waals surface area (Å²) < 4.78 is 5.71. The summed E-state index contributed by atoms with van der Waals surface area (Å²) in [4.78, 5) is 11.8. The van der Waals surface area contributed by atoms with Gasteiger partial charge in [0.05, 0.1) is 0 Å². The molecule has 2 rings (SSSR count). The quantitative estimate of drug-likeness (QED) is 0.853. The molecule has 0 spiro atoms. The second-order valence-corrected chi connectivity index (χ2v) is 5.26. The molecular weight excluding hydrogens is 240 g/mol. The Morgan fingerprint density at radius 3 is 2.74 bits per heavy atom. The third kappa shape index (κ3) is 4.24. The number of hydrogen-bond donors (Lipinski definition) is 2. The Labute approximate surface area is 114 Å². The van der Waals surface area contributed by atoms with Crippen LogP contribution >= 0.6 is 0 Å². The highest BCUT2D eigenvalue weighted by molar-refractivity contribution is 5.94. The fourth-order valence-electron chi connectivity index (χ4n) is 2.14. The number of ether oxygens (including phenoxy) is 1. The van der Waals surface area contributed by atoms with Gasteiger partial charge >= 0.3 is 0 Å². The molecule has 1 aliphatic heterocycles. The molecule has 1 aromatic rings. The van der Waals surface area contributed by atoms with Gasteiger partial charge in [0.2, 0.25) is 0 Å². The Balaban J connectivity index is 1.85. The van der Waals surface area contributed by atoms with Crippen molar-refractivity contribution >= 4 is 5.91 Å². The molecular formula is C15H22N2O2. The smallest absolute Gasteiger partial charge is 0.251 e. The molecule has 2 N–H and O–H groups in total. The number of carbonyl (C=O) groups is 1. The minimum atomic E-state index is -0.0426. The minimum absolute atomic E-state index is 0.0426. The average molecular weight is 262 g/mol. The maximum Gasteiger partial charge on any atom is 0.251 e. The second-order valence-electron chi connectivity index (χ2n) is 5.26. The first-order chi connectivity index (χ1) is 9.15. The highest BCUT2D eigenvalue weighted by Gasteiger charge is 2.14. The molecule has 0 bridgehead atoms. The van der Waals surface area contributed by atoms with Crippen molar-refractivity contribution in [3.05, 3.63) is 29.8 Å². The molecule has 1 aliphatic rings. The van der Waals surface area contributed by atoms with Crippen molar-refractivity contribution in [2.24, 2.45) is 0 Å². The van der Waals surface area contributed by atoms with Crippen LogP contribution < -0.4 is 15.4 Å². The summed E-state index contributed by atoms with van der Waals surface area (Å²) in [6.45, 7) is 5.67. The van der Waals surface area contributed by atoms with Crippen LogP contribution in [0, 0.1) is 0 Å². The van der Waals surface area contributed by atoms with Crippen LogP contribution in [0.5, 0.6) is 5.75 Å². The van der Waals surface area contributed by atoms with Gasteiger partial charge in [0.15, 0.2) is 0 Å². The molecule has 1 saturated heterocycles. The lowest BCUT2D eigenvalue weighted by Gasteiger charge is -2.12. The topological polar surface area (TPSA) is 50.4 Å². The van der Waals surface area contributed by atoms with Crippen molar-refractivity contribution in [1.29, 1.82) is 0 Å². The van der Waals surface area contributed by atoms with Gasteiger partial charge in [0.25, 0.3) is 5.91 Å². The molecule has 1 amide bonds. The summed E-state index contributed by atoms with van der Waals surface area (Å²) in [5, 5.41) is 6.25. The fraction of sp³-hybridized carbons (Fsp3) is 0.533. The van der Waals surface area contributed by atoms with E-state index in [1.54, 1.807) is 12.1 Å². The molecule has 0 aromatic heterocycles. The lowest BCUT2D eigenvalue weighted by molar-refractivity contribution is 0.0943. The van der Waals surface area contributed by atoms with Crippen LogP contribution in [-0.2, 0) is 0 Å². The van der Waals surface area contributed by atoms with Gasteiger partial charge in [-0.3, -0.25) is 4.79 Å². The molecule has 0 radical (unpaired) electrons. The highest BCUT2D eigenvalue weighted by atomic mass is 16.5. The van der Waals surface area contributed by atoms with E-state index in [1.165, 1.54) is 12.8 Å². The molecule has 0 aliphatic carbocycles. The van der Waals surface area contributed by atoms with Crippen LogP contribution in [0.4, 0.5) is 0 Å². The van der Waals surface area contributed by atoms with E-state index in [-0.39, 0.29) is 11.9 Å². The van der Waals surface area contributed by atoms with Gasteiger partial charge in [-0.15, -0.1) is 0 Å². The second kappa shape index (κ2) is 6.57. The van der Waals surface area contributed by atoms with Gasteiger partial charge < -0.3 is 15.4 Å². The lowest BCUT2D eigenvalue weighted by atomic mass is 10.2. The number of nitrogens with one attached hydrogen (secondary N) is 2. The Kier molecular flexibility index (Phi) is 4.80.